The van der Waals surface area contributed by atoms with E-state index in [9.17, 15) is 14.3 Å². The van der Waals surface area contributed by atoms with Crippen LogP contribution < -0.4 is 10.1 Å². The molecule has 0 aliphatic heterocycles. The van der Waals surface area contributed by atoms with Crippen molar-refractivity contribution in [1.29, 1.82) is 0 Å². The van der Waals surface area contributed by atoms with Gasteiger partial charge in [-0.15, -0.1) is 0 Å². The Labute approximate surface area is 117 Å². The molecule has 1 unspecified atom stereocenters. The molecule has 0 bridgehead atoms. The number of halogens is 1. The number of rotatable bonds is 9. The average Bonchev–Trinajstić information content (AvgIpc) is 2.43. The summed E-state index contributed by atoms with van der Waals surface area (Å²) in [6.07, 6.45) is 0.157. The predicted octanol–water partition coefficient (Wildman–Crippen LogP) is 1.11. The number of benzene rings is 1. The second-order valence-corrected chi connectivity index (χ2v) is 4.32. The van der Waals surface area contributed by atoms with Gasteiger partial charge in [-0.05, 0) is 30.7 Å². The van der Waals surface area contributed by atoms with Gasteiger partial charge < -0.3 is 19.9 Å². The molecule has 0 spiro atoms. The summed E-state index contributed by atoms with van der Waals surface area (Å²) in [5.41, 5.74) is 0. The van der Waals surface area contributed by atoms with Crippen LogP contribution in [0.15, 0.2) is 24.3 Å². The summed E-state index contributed by atoms with van der Waals surface area (Å²) in [6.45, 7) is 0.735. The summed E-state index contributed by atoms with van der Waals surface area (Å²) >= 11 is 0. The minimum Gasteiger partial charge on any atom is -0.494 e. The molecule has 6 heteroatoms. The van der Waals surface area contributed by atoms with Crippen molar-refractivity contribution in [3.05, 3.63) is 30.1 Å². The highest BCUT2D eigenvalue weighted by atomic mass is 19.1. The van der Waals surface area contributed by atoms with Crippen LogP contribution in [-0.4, -0.2) is 44.0 Å². The molecule has 112 valence electrons. The molecule has 1 amide bonds. The van der Waals surface area contributed by atoms with E-state index in [1.54, 1.807) is 0 Å². The van der Waals surface area contributed by atoms with Crippen LogP contribution in [0.25, 0.3) is 0 Å². The Hall–Kier alpha value is -1.66. The summed E-state index contributed by atoms with van der Waals surface area (Å²) in [6, 6.07) is 5.71. The SMILES string of the molecule is COCC(O)CNC(=O)CCCOc1ccc(F)cc1. The van der Waals surface area contributed by atoms with E-state index in [1.807, 2.05) is 0 Å². The third kappa shape index (κ3) is 7.06. The molecule has 0 fully saturated rings. The highest BCUT2D eigenvalue weighted by Crippen LogP contribution is 2.11. The van der Waals surface area contributed by atoms with Crippen molar-refractivity contribution in [2.24, 2.45) is 0 Å². The second kappa shape index (κ2) is 9.28. The van der Waals surface area contributed by atoms with Gasteiger partial charge in [-0.1, -0.05) is 0 Å². The molecule has 2 N–H and O–H groups in total. The third-order valence-corrected chi connectivity index (χ3v) is 2.52. The number of hydrogen-bond acceptors (Lipinski definition) is 4. The molecule has 20 heavy (non-hydrogen) atoms. The van der Waals surface area contributed by atoms with Gasteiger partial charge in [0.05, 0.1) is 19.3 Å². The Morgan fingerprint density at radius 1 is 1.40 bits per heavy atom. The molecule has 1 rings (SSSR count). The van der Waals surface area contributed by atoms with E-state index in [2.05, 4.69) is 5.32 Å². The number of hydrogen-bond donors (Lipinski definition) is 2. The standard InChI is InChI=1S/C14H20FNO4/c1-19-10-12(17)9-16-14(18)3-2-8-20-13-6-4-11(15)5-7-13/h4-7,12,17H,2-3,8-10H2,1H3,(H,16,18). The van der Waals surface area contributed by atoms with Gasteiger partial charge in [-0.3, -0.25) is 4.79 Å². The Kier molecular flexibility index (Phi) is 7.60. The summed E-state index contributed by atoms with van der Waals surface area (Å²) in [5.74, 6) is 0.108. The number of aliphatic hydroxyl groups excluding tert-OH is 1. The van der Waals surface area contributed by atoms with E-state index in [0.29, 0.717) is 25.2 Å². The maximum Gasteiger partial charge on any atom is 0.220 e. The van der Waals surface area contributed by atoms with Gasteiger partial charge >= 0.3 is 0 Å². The molecular weight excluding hydrogens is 265 g/mol. The summed E-state index contributed by atoms with van der Waals surface area (Å²) in [4.78, 5) is 11.4. The fraction of sp³-hybridized carbons (Fsp3) is 0.500. The summed E-state index contributed by atoms with van der Waals surface area (Å²) in [7, 11) is 1.48. The molecule has 1 atom stereocenters. The van der Waals surface area contributed by atoms with Crippen LogP contribution in [-0.2, 0) is 9.53 Å². The van der Waals surface area contributed by atoms with Crippen LogP contribution in [0.1, 0.15) is 12.8 Å². The van der Waals surface area contributed by atoms with Crippen LogP contribution in [0, 0.1) is 5.82 Å². The fourth-order valence-electron chi connectivity index (χ4n) is 1.52. The van der Waals surface area contributed by atoms with Crippen molar-refractivity contribution >= 4 is 5.91 Å². The second-order valence-electron chi connectivity index (χ2n) is 4.32. The van der Waals surface area contributed by atoms with Gasteiger partial charge in [0, 0.05) is 20.1 Å². The Bertz CT molecular complexity index is 397. The quantitative estimate of drug-likeness (QED) is 0.667. The first-order valence-electron chi connectivity index (χ1n) is 6.44. The smallest absolute Gasteiger partial charge is 0.220 e. The largest absolute Gasteiger partial charge is 0.494 e. The number of aliphatic hydroxyl groups is 1. The minimum atomic E-state index is -0.695. The van der Waals surface area contributed by atoms with Crippen LogP contribution >= 0.6 is 0 Å². The maximum atomic E-state index is 12.6. The van der Waals surface area contributed by atoms with E-state index in [1.165, 1.54) is 31.4 Å². The van der Waals surface area contributed by atoms with Crippen LogP contribution in [0.5, 0.6) is 5.75 Å². The molecule has 5 nitrogen and oxygen atoms in total. The van der Waals surface area contributed by atoms with Gasteiger partial charge in [0.15, 0.2) is 0 Å². The van der Waals surface area contributed by atoms with E-state index in [-0.39, 0.29) is 24.9 Å². The molecule has 0 aromatic heterocycles. The topological polar surface area (TPSA) is 67.8 Å². The normalized spacial score (nSPS) is 11.9. The zero-order valence-electron chi connectivity index (χ0n) is 11.5. The summed E-state index contributed by atoms with van der Waals surface area (Å²) < 4.78 is 22.8. The fourth-order valence-corrected chi connectivity index (χ4v) is 1.52. The average molecular weight is 285 g/mol. The highest BCUT2D eigenvalue weighted by molar-refractivity contribution is 5.75. The van der Waals surface area contributed by atoms with Crippen molar-refractivity contribution < 1.29 is 23.8 Å². The lowest BCUT2D eigenvalue weighted by molar-refractivity contribution is -0.121. The van der Waals surface area contributed by atoms with Gasteiger partial charge in [0.2, 0.25) is 5.91 Å². The van der Waals surface area contributed by atoms with E-state index in [0.717, 1.165) is 0 Å². The third-order valence-electron chi connectivity index (χ3n) is 2.52. The predicted molar refractivity (Wildman–Crippen MR) is 72.0 cm³/mol. The lowest BCUT2D eigenvalue weighted by Crippen LogP contribution is -2.34. The van der Waals surface area contributed by atoms with E-state index >= 15 is 0 Å². The van der Waals surface area contributed by atoms with Gasteiger partial charge in [0.25, 0.3) is 0 Å². The molecule has 0 saturated carbocycles. The van der Waals surface area contributed by atoms with Crippen molar-refractivity contribution in [2.75, 3.05) is 26.9 Å². The van der Waals surface area contributed by atoms with Gasteiger partial charge in [0.1, 0.15) is 11.6 Å². The minimum absolute atomic E-state index is 0.150. The molecule has 1 aromatic rings. The Morgan fingerprint density at radius 3 is 2.75 bits per heavy atom. The molecule has 0 heterocycles. The lowest BCUT2D eigenvalue weighted by Gasteiger charge is -2.11. The number of ether oxygens (including phenoxy) is 2. The van der Waals surface area contributed by atoms with Crippen molar-refractivity contribution in [3.63, 3.8) is 0 Å². The zero-order valence-corrected chi connectivity index (χ0v) is 11.5. The van der Waals surface area contributed by atoms with Crippen molar-refractivity contribution in [2.45, 2.75) is 18.9 Å². The molecule has 0 aliphatic rings. The monoisotopic (exact) mass is 285 g/mol. The van der Waals surface area contributed by atoms with Crippen molar-refractivity contribution in [1.82, 2.24) is 5.32 Å². The molecule has 1 aromatic carbocycles. The van der Waals surface area contributed by atoms with Crippen LogP contribution in [0.3, 0.4) is 0 Å². The van der Waals surface area contributed by atoms with Crippen molar-refractivity contribution in [3.8, 4) is 5.75 Å². The number of amides is 1. The lowest BCUT2D eigenvalue weighted by atomic mass is 10.3. The number of carbonyl (C=O) groups is 1. The maximum absolute atomic E-state index is 12.6. The molecule has 0 radical (unpaired) electrons. The van der Waals surface area contributed by atoms with Gasteiger partial charge in [-0.2, -0.15) is 0 Å². The first-order chi connectivity index (χ1) is 9.61. The Balaban J connectivity index is 2.08. The molecule has 0 saturated heterocycles. The van der Waals surface area contributed by atoms with Crippen LogP contribution in [0.2, 0.25) is 0 Å². The van der Waals surface area contributed by atoms with Gasteiger partial charge in [-0.25, -0.2) is 4.39 Å². The highest BCUT2D eigenvalue weighted by Gasteiger charge is 2.06. The first-order valence-corrected chi connectivity index (χ1v) is 6.44. The Morgan fingerprint density at radius 2 is 2.10 bits per heavy atom. The van der Waals surface area contributed by atoms with E-state index < -0.39 is 6.10 Å². The van der Waals surface area contributed by atoms with E-state index in [4.69, 9.17) is 9.47 Å². The molecular formula is C14H20FNO4. The summed E-state index contributed by atoms with van der Waals surface area (Å²) in [5, 5.41) is 11.9. The number of nitrogens with one attached hydrogen (secondary N) is 1. The number of carbonyl (C=O) groups excluding carboxylic acids is 1. The molecule has 0 aliphatic carbocycles. The zero-order chi connectivity index (χ0) is 14.8. The first kappa shape index (κ1) is 16.4. The number of methoxy groups -OCH3 is 1. The van der Waals surface area contributed by atoms with Crippen LogP contribution in [0.4, 0.5) is 4.39 Å².